The van der Waals surface area contributed by atoms with Crippen LogP contribution in [-0.4, -0.2) is 38.8 Å². The van der Waals surface area contributed by atoms with Crippen LogP contribution in [0.5, 0.6) is 0 Å². The van der Waals surface area contributed by atoms with Gasteiger partial charge in [-0.05, 0) is 67.6 Å². The zero-order chi connectivity index (χ0) is 25.0. The van der Waals surface area contributed by atoms with E-state index in [2.05, 4.69) is 5.32 Å². The van der Waals surface area contributed by atoms with Crippen molar-refractivity contribution in [2.75, 3.05) is 24.3 Å². The van der Waals surface area contributed by atoms with Crippen LogP contribution in [0, 0.1) is 11.8 Å². The van der Waals surface area contributed by atoms with Gasteiger partial charge in [0.05, 0.1) is 4.90 Å². The van der Waals surface area contributed by atoms with Crippen LogP contribution in [0.15, 0.2) is 47.4 Å². The second-order valence-electron chi connectivity index (χ2n) is 9.70. The summed E-state index contributed by atoms with van der Waals surface area (Å²) in [6.07, 6.45) is 4.02. The lowest BCUT2D eigenvalue weighted by Gasteiger charge is -2.32. The summed E-state index contributed by atoms with van der Waals surface area (Å²) in [5.41, 5.74) is 2.42. The molecule has 1 N–H and O–H groups in total. The smallest absolute Gasteiger partial charge is 0.243 e. The lowest BCUT2D eigenvalue weighted by atomic mass is 10.0. The van der Waals surface area contributed by atoms with E-state index in [1.165, 1.54) is 10.4 Å². The van der Waals surface area contributed by atoms with E-state index in [0.717, 1.165) is 36.9 Å². The number of hydrogen-bond acceptors (Lipinski definition) is 4. The van der Waals surface area contributed by atoms with Crippen LogP contribution < -0.4 is 10.2 Å². The largest absolute Gasteiger partial charge is 0.377 e. The van der Waals surface area contributed by atoms with Crippen molar-refractivity contribution in [2.45, 2.75) is 63.9 Å². The van der Waals surface area contributed by atoms with Crippen LogP contribution in [0.1, 0.15) is 52.0 Å². The number of sulfonamides is 1. The average Bonchev–Trinajstić information content (AvgIpc) is 3.32. The van der Waals surface area contributed by atoms with Crippen molar-refractivity contribution in [3.8, 4) is 0 Å². The van der Waals surface area contributed by atoms with Crippen LogP contribution in [-0.2, 0) is 21.4 Å². The molecular formula is C26H36ClN3O3S. The van der Waals surface area contributed by atoms with Gasteiger partial charge in [-0.15, -0.1) is 0 Å². The first-order chi connectivity index (χ1) is 16.0. The highest BCUT2D eigenvalue weighted by molar-refractivity contribution is 7.89. The molecule has 0 aliphatic heterocycles. The Kier molecular flexibility index (Phi) is 8.66. The Morgan fingerprint density at radius 3 is 2.35 bits per heavy atom. The molecule has 1 saturated carbocycles. The molecule has 0 radical (unpaired) electrons. The zero-order valence-electron chi connectivity index (χ0n) is 20.7. The molecule has 1 fully saturated rings. The molecule has 1 unspecified atom stereocenters. The lowest BCUT2D eigenvalue weighted by Crippen LogP contribution is -2.41. The fraction of sp³-hybridized carbons (Fsp3) is 0.500. The molecule has 34 heavy (non-hydrogen) atoms. The number of carbonyl (C=O) groups is 1. The maximum Gasteiger partial charge on any atom is 0.243 e. The quantitative estimate of drug-likeness (QED) is 0.469. The molecule has 1 aliphatic carbocycles. The predicted octanol–water partition coefficient (Wildman–Crippen LogP) is 5.77. The number of halogens is 1. The molecule has 3 rings (SSSR count). The van der Waals surface area contributed by atoms with Crippen LogP contribution in [0.3, 0.4) is 0 Å². The SMILES string of the molecule is CC(C)C(C)N(Cc1cc(NC(=O)C2CCCC2)ccc1N(C)C)S(=O)(=O)c1cccc(Cl)c1. The predicted molar refractivity (Wildman–Crippen MR) is 140 cm³/mol. The highest BCUT2D eigenvalue weighted by Crippen LogP contribution is 2.31. The van der Waals surface area contributed by atoms with Gasteiger partial charge in [-0.25, -0.2) is 8.42 Å². The first kappa shape index (κ1) is 26.5. The number of anilines is 2. The third-order valence-electron chi connectivity index (χ3n) is 6.70. The second kappa shape index (κ2) is 11.1. The minimum atomic E-state index is -3.81. The molecule has 6 nitrogen and oxygen atoms in total. The third kappa shape index (κ3) is 6.12. The average molecular weight is 506 g/mol. The summed E-state index contributed by atoms with van der Waals surface area (Å²) in [6.45, 7) is 6.12. The van der Waals surface area contributed by atoms with Gasteiger partial charge in [-0.2, -0.15) is 4.31 Å². The molecule has 0 bridgehead atoms. The molecule has 8 heteroatoms. The fourth-order valence-electron chi connectivity index (χ4n) is 4.37. The van der Waals surface area contributed by atoms with E-state index in [-0.39, 0.29) is 35.2 Å². The Bertz CT molecular complexity index is 1110. The molecule has 1 atom stereocenters. The van der Waals surface area contributed by atoms with E-state index in [1.54, 1.807) is 18.2 Å². The molecule has 0 saturated heterocycles. The standard InChI is InChI=1S/C26H36ClN3O3S/c1-18(2)19(3)30(34(32,33)24-12-8-11-22(27)16-24)17-21-15-23(13-14-25(21)29(4)5)28-26(31)20-9-6-7-10-20/h8,11-16,18-20H,6-7,9-10,17H2,1-5H3,(H,28,31). The van der Waals surface area contributed by atoms with Crippen LogP contribution in [0.25, 0.3) is 0 Å². The van der Waals surface area contributed by atoms with E-state index in [9.17, 15) is 13.2 Å². The molecule has 2 aromatic rings. The van der Waals surface area contributed by atoms with Crippen LogP contribution >= 0.6 is 11.6 Å². The monoisotopic (exact) mass is 505 g/mol. The van der Waals surface area contributed by atoms with Crippen molar-refractivity contribution in [1.29, 1.82) is 0 Å². The van der Waals surface area contributed by atoms with Gasteiger partial charge in [0.25, 0.3) is 0 Å². The van der Waals surface area contributed by atoms with Crippen LogP contribution in [0.4, 0.5) is 11.4 Å². The lowest BCUT2D eigenvalue weighted by molar-refractivity contribution is -0.119. The van der Waals surface area contributed by atoms with E-state index in [1.807, 2.05) is 58.0 Å². The highest BCUT2D eigenvalue weighted by Gasteiger charge is 2.32. The maximum atomic E-state index is 13.7. The Morgan fingerprint density at radius 1 is 1.09 bits per heavy atom. The van der Waals surface area contributed by atoms with E-state index in [0.29, 0.717) is 10.7 Å². The Labute approximate surface area is 209 Å². The molecular weight excluding hydrogens is 470 g/mol. The summed E-state index contributed by atoms with van der Waals surface area (Å²) in [7, 11) is 0.0413. The molecule has 1 amide bonds. The molecule has 1 aliphatic rings. The number of benzene rings is 2. The topological polar surface area (TPSA) is 69.7 Å². The Balaban J connectivity index is 1.99. The number of hydrogen-bond donors (Lipinski definition) is 1. The van der Waals surface area contributed by atoms with Gasteiger partial charge in [0.1, 0.15) is 0 Å². The zero-order valence-corrected chi connectivity index (χ0v) is 22.3. The summed E-state index contributed by atoms with van der Waals surface area (Å²) in [5, 5.41) is 3.43. The normalized spacial score (nSPS) is 15.6. The van der Waals surface area contributed by atoms with Gasteiger partial charge in [-0.1, -0.05) is 44.4 Å². The molecule has 186 valence electrons. The summed E-state index contributed by atoms with van der Waals surface area (Å²) in [6, 6.07) is 11.8. The number of rotatable bonds is 9. The number of carbonyl (C=O) groups excluding carboxylic acids is 1. The van der Waals surface area contributed by atoms with E-state index < -0.39 is 10.0 Å². The van der Waals surface area contributed by atoms with Gasteiger partial charge in [0.15, 0.2) is 0 Å². The van der Waals surface area contributed by atoms with Crippen molar-refractivity contribution in [3.05, 3.63) is 53.1 Å². The number of amides is 1. The summed E-state index contributed by atoms with van der Waals surface area (Å²) in [5.74, 6) is 0.194. The van der Waals surface area contributed by atoms with Crippen molar-refractivity contribution in [2.24, 2.45) is 11.8 Å². The van der Waals surface area contributed by atoms with Crippen molar-refractivity contribution < 1.29 is 13.2 Å². The minimum absolute atomic E-state index is 0.0417. The molecule has 0 heterocycles. The van der Waals surface area contributed by atoms with Gasteiger partial charge in [0.2, 0.25) is 15.9 Å². The summed E-state index contributed by atoms with van der Waals surface area (Å²) in [4.78, 5) is 14.8. The number of nitrogens with one attached hydrogen (secondary N) is 1. The minimum Gasteiger partial charge on any atom is -0.377 e. The molecule has 0 spiro atoms. The van der Waals surface area contributed by atoms with E-state index in [4.69, 9.17) is 11.6 Å². The summed E-state index contributed by atoms with van der Waals surface area (Å²) >= 11 is 6.12. The van der Waals surface area contributed by atoms with Gasteiger partial charge in [-0.3, -0.25) is 4.79 Å². The van der Waals surface area contributed by atoms with Gasteiger partial charge >= 0.3 is 0 Å². The number of nitrogens with zero attached hydrogens (tertiary/aromatic N) is 2. The maximum absolute atomic E-state index is 13.7. The Morgan fingerprint density at radius 2 is 1.76 bits per heavy atom. The van der Waals surface area contributed by atoms with Gasteiger partial charge < -0.3 is 10.2 Å². The first-order valence-corrected chi connectivity index (χ1v) is 13.7. The molecule has 0 aromatic heterocycles. The Hall–Kier alpha value is -2.09. The summed E-state index contributed by atoms with van der Waals surface area (Å²) < 4.78 is 29.0. The van der Waals surface area contributed by atoms with Gasteiger partial charge in [0, 0.05) is 49.0 Å². The molecule has 2 aromatic carbocycles. The highest BCUT2D eigenvalue weighted by atomic mass is 35.5. The fourth-order valence-corrected chi connectivity index (χ4v) is 6.41. The van der Waals surface area contributed by atoms with Crippen molar-refractivity contribution in [3.63, 3.8) is 0 Å². The first-order valence-electron chi connectivity index (χ1n) is 11.9. The van der Waals surface area contributed by atoms with Crippen LogP contribution in [0.2, 0.25) is 5.02 Å². The third-order valence-corrected chi connectivity index (χ3v) is 8.87. The van der Waals surface area contributed by atoms with Crippen molar-refractivity contribution in [1.82, 2.24) is 4.31 Å². The van der Waals surface area contributed by atoms with Crippen molar-refractivity contribution >= 4 is 38.9 Å². The van der Waals surface area contributed by atoms with E-state index >= 15 is 0 Å². The second-order valence-corrected chi connectivity index (χ2v) is 12.0.